The Kier molecular flexibility index (Phi) is 6.39. The number of alkyl halides is 3. The normalized spacial score (nSPS) is 19.0. The van der Waals surface area contributed by atoms with Crippen LogP contribution in [0.1, 0.15) is 46.8 Å². The molecule has 29 heavy (non-hydrogen) atoms. The molecule has 0 bridgehead atoms. The van der Waals surface area contributed by atoms with Crippen molar-refractivity contribution in [3.05, 3.63) is 64.2 Å². The van der Waals surface area contributed by atoms with Crippen molar-refractivity contribution in [2.24, 2.45) is 0 Å². The molecule has 0 radical (unpaired) electrons. The highest BCUT2D eigenvalue weighted by atomic mass is 35.5. The predicted octanol–water partition coefficient (Wildman–Crippen LogP) is 5.02. The van der Waals surface area contributed by atoms with Crippen LogP contribution in [0.4, 0.5) is 13.2 Å². The van der Waals surface area contributed by atoms with Crippen molar-refractivity contribution in [3.8, 4) is 5.75 Å². The topological polar surface area (TPSA) is 52.6 Å². The second-order valence-electron chi connectivity index (χ2n) is 7.25. The van der Waals surface area contributed by atoms with Gasteiger partial charge in [0.2, 0.25) is 0 Å². The molecule has 1 saturated heterocycles. The summed E-state index contributed by atoms with van der Waals surface area (Å²) in [4.78, 5) is 15.0. The summed E-state index contributed by atoms with van der Waals surface area (Å²) in [5, 5.41) is 12.1. The number of benzene rings is 2. The maximum absolute atomic E-state index is 13.2. The smallest absolute Gasteiger partial charge is 0.417 e. The van der Waals surface area contributed by atoms with Crippen LogP contribution < -0.4 is 5.32 Å². The minimum absolute atomic E-state index is 0.0531. The van der Waals surface area contributed by atoms with Gasteiger partial charge in [0.1, 0.15) is 5.75 Å². The number of halogens is 4. The monoisotopic (exact) mass is 426 g/mol. The molecule has 156 valence electrons. The van der Waals surface area contributed by atoms with E-state index in [-0.39, 0.29) is 17.4 Å². The summed E-state index contributed by atoms with van der Waals surface area (Å²) in [5.74, 6) is -0.634. The molecule has 1 heterocycles. The van der Waals surface area contributed by atoms with Crippen LogP contribution in [0.2, 0.25) is 5.02 Å². The number of aromatic hydroxyl groups is 1. The lowest BCUT2D eigenvalue weighted by atomic mass is 9.90. The highest BCUT2D eigenvalue weighted by Crippen LogP contribution is 2.37. The summed E-state index contributed by atoms with van der Waals surface area (Å²) in [6.45, 7) is 0.847. The Labute approximate surface area is 172 Å². The van der Waals surface area contributed by atoms with Crippen molar-refractivity contribution >= 4 is 17.5 Å². The van der Waals surface area contributed by atoms with Gasteiger partial charge >= 0.3 is 6.18 Å². The summed E-state index contributed by atoms with van der Waals surface area (Å²) in [6.07, 6.45) is -1.83. The fourth-order valence-corrected chi connectivity index (χ4v) is 4.11. The first-order valence-electron chi connectivity index (χ1n) is 9.34. The number of nitrogens with one attached hydrogen (secondary N) is 1. The summed E-state index contributed by atoms with van der Waals surface area (Å²) in [5.41, 5.74) is -0.596. The van der Waals surface area contributed by atoms with E-state index in [1.165, 1.54) is 18.2 Å². The van der Waals surface area contributed by atoms with E-state index in [9.17, 15) is 23.1 Å². The minimum atomic E-state index is -4.65. The number of likely N-dealkylation sites (tertiary alicyclic amines) is 1. The van der Waals surface area contributed by atoms with Crippen LogP contribution >= 0.6 is 11.6 Å². The van der Waals surface area contributed by atoms with Crippen molar-refractivity contribution in [3.63, 3.8) is 0 Å². The van der Waals surface area contributed by atoms with E-state index in [1.807, 2.05) is 7.05 Å². The molecule has 2 N–H and O–H groups in total. The van der Waals surface area contributed by atoms with E-state index < -0.39 is 28.7 Å². The molecule has 2 atom stereocenters. The summed E-state index contributed by atoms with van der Waals surface area (Å²) in [7, 11) is 1.95. The highest BCUT2D eigenvalue weighted by Gasteiger charge is 2.36. The van der Waals surface area contributed by atoms with Crippen LogP contribution in [-0.2, 0) is 6.18 Å². The molecule has 3 rings (SSSR count). The molecule has 2 aromatic carbocycles. The molecule has 1 amide bonds. The lowest BCUT2D eigenvalue weighted by Crippen LogP contribution is -2.47. The zero-order valence-corrected chi connectivity index (χ0v) is 16.6. The van der Waals surface area contributed by atoms with Crippen molar-refractivity contribution in [1.29, 1.82) is 0 Å². The second kappa shape index (κ2) is 8.63. The van der Waals surface area contributed by atoms with Gasteiger partial charge in [-0.2, -0.15) is 13.2 Å². The van der Waals surface area contributed by atoms with Gasteiger partial charge in [0, 0.05) is 6.04 Å². The van der Waals surface area contributed by atoms with Crippen LogP contribution in [0.5, 0.6) is 5.75 Å². The molecule has 0 unspecified atom stereocenters. The molecule has 0 spiro atoms. The average molecular weight is 427 g/mol. The molecular formula is C21H22ClF3N2O2. The Morgan fingerprint density at radius 2 is 1.97 bits per heavy atom. The maximum Gasteiger partial charge on any atom is 0.417 e. The molecule has 1 aliphatic heterocycles. The quantitative estimate of drug-likeness (QED) is 0.721. The number of phenolic OH excluding ortho intramolecular Hbond substituents is 1. The van der Waals surface area contributed by atoms with Gasteiger partial charge < -0.3 is 15.3 Å². The van der Waals surface area contributed by atoms with Gasteiger partial charge in [-0.25, -0.2) is 0 Å². The Bertz CT molecular complexity index is 888. The fraction of sp³-hybridized carbons (Fsp3) is 0.381. The number of hydrogen-bond donors (Lipinski definition) is 2. The number of piperidine rings is 1. The van der Waals surface area contributed by atoms with Gasteiger partial charge in [-0.3, -0.25) is 4.79 Å². The van der Waals surface area contributed by atoms with Crippen LogP contribution in [-0.4, -0.2) is 35.5 Å². The summed E-state index contributed by atoms with van der Waals surface area (Å²) >= 11 is 5.93. The number of carbonyl (C=O) groups excluding carboxylic acids is 1. The predicted molar refractivity (Wildman–Crippen MR) is 105 cm³/mol. The van der Waals surface area contributed by atoms with Crippen LogP contribution in [0.15, 0.2) is 42.5 Å². The molecule has 0 aliphatic carbocycles. The highest BCUT2D eigenvalue weighted by molar-refractivity contribution is 6.34. The van der Waals surface area contributed by atoms with Gasteiger partial charge in [0.15, 0.2) is 0 Å². The van der Waals surface area contributed by atoms with Crippen LogP contribution in [0.3, 0.4) is 0 Å². The third-order valence-electron chi connectivity index (χ3n) is 5.28. The number of rotatable bonds is 4. The molecule has 0 saturated carbocycles. The number of amides is 1. The first-order chi connectivity index (χ1) is 13.7. The molecule has 0 aromatic heterocycles. The third kappa shape index (κ3) is 4.85. The number of carbonyl (C=O) groups is 1. The second-order valence-corrected chi connectivity index (χ2v) is 7.63. The van der Waals surface area contributed by atoms with Crippen LogP contribution in [0.25, 0.3) is 0 Å². The van der Waals surface area contributed by atoms with E-state index in [0.29, 0.717) is 5.56 Å². The third-order valence-corrected chi connectivity index (χ3v) is 5.68. The Hall–Kier alpha value is -2.25. The largest absolute Gasteiger partial charge is 0.508 e. The van der Waals surface area contributed by atoms with Crippen molar-refractivity contribution in [2.45, 2.75) is 37.5 Å². The SMILES string of the molecule is CN1CCCC[C@H]1[C@@H](NC(=O)c1cccc(C(F)(F)F)c1Cl)c1cccc(O)c1. The van der Waals surface area contributed by atoms with E-state index in [0.717, 1.165) is 31.9 Å². The van der Waals surface area contributed by atoms with E-state index >= 15 is 0 Å². The number of likely N-dealkylation sites (N-methyl/N-ethyl adjacent to an activating group) is 1. The Balaban J connectivity index is 1.95. The van der Waals surface area contributed by atoms with E-state index in [1.54, 1.807) is 18.2 Å². The van der Waals surface area contributed by atoms with E-state index in [4.69, 9.17) is 11.6 Å². The summed E-state index contributed by atoms with van der Waals surface area (Å²) < 4.78 is 39.5. The van der Waals surface area contributed by atoms with E-state index in [2.05, 4.69) is 10.2 Å². The standard InChI is InChI=1S/C21H22ClF3N2O2/c1-27-11-3-2-10-17(27)19(13-6-4-7-14(28)12-13)26-20(29)15-8-5-9-16(18(15)22)21(23,24)25/h4-9,12,17,19,28H,2-3,10-11H2,1H3,(H,26,29)/t17-,19-/m0/s1. The number of hydrogen-bond acceptors (Lipinski definition) is 3. The van der Waals surface area contributed by atoms with Gasteiger partial charge in [-0.1, -0.05) is 36.2 Å². The zero-order chi connectivity index (χ0) is 21.2. The van der Waals surface area contributed by atoms with Crippen molar-refractivity contribution in [2.75, 3.05) is 13.6 Å². The van der Waals surface area contributed by atoms with Gasteiger partial charge in [0.25, 0.3) is 5.91 Å². The lowest BCUT2D eigenvalue weighted by molar-refractivity contribution is -0.137. The molecular weight excluding hydrogens is 405 g/mol. The fourth-order valence-electron chi connectivity index (χ4n) is 3.79. The first-order valence-corrected chi connectivity index (χ1v) is 9.72. The van der Waals surface area contributed by atoms with Gasteiger partial charge in [-0.05, 0) is 56.3 Å². The lowest BCUT2D eigenvalue weighted by Gasteiger charge is -2.38. The average Bonchev–Trinajstić information content (AvgIpc) is 2.66. The van der Waals surface area contributed by atoms with Crippen LogP contribution in [0, 0.1) is 0 Å². The summed E-state index contributed by atoms with van der Waals surface area (Å²) in [6, 6.07) is 9.25. The van der Waals surface area contributed by atoms with Crippen molar-refractivity contribution in [1.82, 2.24) is 10.2 Å². The Morgan fingerprint density at radius 1 is 1.24 bits per heavy atom. The van der Waals surface area contributed by atoms with Crippen molar-refractivity contribution < 1.29 is 23.1 Å². The molecule has 4 nitrogen and oxygen atoms in total. The molecule has 1 fully saturated rings. The number of phenols is 1. The minimum Gasteiger partial charge on any atom is -0.508 e. The number of nitrogens with zero attached hydrogens (tertiary/aromatic N) is 1. The van der Waals surface area contributed by atoms with Gasteiger partial charge in [-0.15, -0.1) is 0 Å². The maximum atomic E-state index is 13.2. The molecule has 1 aliphatic rings. The first kappa shape index (κ1) is 21.5. The van der Waals surface area contributed by atoms with Gasteiger partial charge in [0.05, 0.1) is 22.2 Å². The Morgan fingerprint density at radius 3 is 2.62 bits per heavy atom. The molecule has 8 heteroatoms. The zero-order valence-electron chi connectivity index (χ0n) is 15.8. The molecule has 2 aromatic rings.